The molecule has 0 fully saturated rings. The van der Waals surface area contributed by atoms with E-state index in [1.165, 1.54) is 25.3 Å². The zero-order chi connectivity index (χ0) is 27.2. The van der Waals surface area contributed by atoms with Gasteiger partial charge in [-0.05, 0) is 30.7 Å². The summed E-state index contributed by atoms with van der Waals surface area (Å²) in [4.78, 5) is 36.5. The first-order chi connectivity index (χ1) is 17.5. The minimum Gasteiger partial charge on any atom is -0.495 e. The Morgan fingerprint density at radius 3 is 2.32 bits per heavy atom. The highest BCUT2D eigenvalue weighted by atomic mass is 32.2. The number of nitro benzene ring substituents is 1. The van der Waals surface area contributed by atoms with Gasteiger partial charge in [-0.25, -0.2) is 8.42 Å². The summed E-state index contributed by atoms with van der Waals surface area (Å²) in [6.45, 7) is 1.11. The van der Waals surface area contributed by atoms with Gasteiger partial charge in [-0.15, -0.1) is 0 Å². The Morgan fingerprint density at radius 2 is 1.70 bits per heavy atom. The van der Waals surface area contributed by atoms with Gasteiger partial charge in [-0.3, -0.25) is 24.0 Å². The molecule has 2 amide bonds. The summed E-state index contributed by atoms with van der Waals surface area (Å²) in [7, 11) is -2.79. The number of nitrogens with one attached hydrogen (secondary N) is 2. The molecule has 0 saturated heterocycles. The standard InChI is InChI=1S/C25H26N4O7S/c1-17(18-9-5-4-6-10-18)26-25(31)20-11-7-8-12-21(20)27-24(30)16-28(37(3,34)35)22-15-19(29(32)33)13-14-23(22)36-2/h4-15,17H,16H2,1-3H3,(H,26,31)(H,27,30)/t17-/m0/s1. The number of rotatable bonds is 10. The first-order valence-electron chi connectivity index (χ1n) is 11.1. The molecule has 3 aromatic carbocycles. The van der Waals surface area contributed by atoms with Crippen LogP contribution in [0.3, 0.4) is 0 Å². The van der Waals surface area contributed by atoms with Crippen molar-refractivity contribution in [3.63, 3.8) is 0 Å². The summed E-state index contributed by atoms with van der Waals surface area (Å²) in [6.07, 6.45) is 0.866. The predicted octanol–water partition coefficient (Wildman–Crippen LogP) is 3.50. The number of amides is 2. The first kappa shape index (κ1) is 27.1. The molecule has 11 nitrogen and oxygen atoms in total. The fraction of sp³-hybridized carbons (Fsp3) is 0.200. The molecule has 194 valence electrons. The number of nitro groups is 1. The van der Waals surface area contributed by atoms with E-state index in [4.69, 9.17) is 4.74 Å². The maximum Gasteiger partial charge on any atom is 0.271 e. The lowest BCUT2D eigenvalue weighted by molar-refractivity contribution is -0.384. The van der Waals surface area contributed by atoms with Crippen LogP contribution in [0.5, 0.6) is 5.75 Å². The Balaban J connectivity index is 1.84. The second-order valence-electron chi connectivity index (χ2n) is 8.08. The number of ether oxygens (including phenoxy) is 1. The van der Waals surface area contributed by atoms with Gasteiger partial charge < -0.3 is 15.4 Å². The Bertz CT molecular complexity index is 1410. The van der Waals surface area contributed by atoms with Crippen molar-refractivity contribution in [2.75, 3.05) is 29.5 Å². The lowest BCUT2D eigenvalue weighted by Gasteiger charge is -2.24. The molecule has 0 unspecified atom stereocenters. The van der Waals surface area contributed by atoms with Gasteiger partial charge in [0.2, 0.25) is 15.9 Å². The van der Waals surface area contributed by atoms with Gasteiger partial charge in [0.05, 0.1) is 35.6 Å². The van der Waals surface area contributed by atoms with Crippen LogP contribution in [0.1, 0.15) is 28.9 Å². The largest absolute Gasteiger partial charge is 0.495 e. The number of benzene rings is 3. The van der Waals surface area contributed by atoms with Gasteiger partial charge in [-0.1, -0.05) is 42.5 Å². The van der Waals surface area contributed by atoms with Crippen LogP contribution in [0.15, 0.2) is 72.8 Å². The molecule has 3 aromatic rings. The highest BCUT2D eigenvalue weighted by Crippen LogP contribution is 2.33. The van der Waals surface area contributed by atoms with Gasteiger partial charge in [0.25, 0.3) is 11.6 Å². The maximum absolute atomic E-state index is 13.0. The number of hydrogen-bond donors (Lipinski definition) is 2. The van der Waals surface area contributed by atoms with Crippen LogP contribution < -0.4 is 19.7 Å². The summed E-state index contributed by atoms with van der Waals surface area (Å²) in [6, 6.07) is 18.7. The van der Waals surface area contributed by atoms with Crippen LogP contribution in [0, 0.1) is 10.1 Å². The van der Waals surface area contributed by atoms with Crippen molar-refractivity contribution in [2.24, 2.45) is 0 Å². The number of carbonyl (C=O) groups excluding carboxylic acids is 2. The minimum absolute atomic E-state index is 0.0264. The predicted molar refractivity (Wildman–Crippen MR) is 139 cm³/mol. The Morgan fingerprint density at radius 1 is 1.05 bits per heavy atom. The van der Waals surface area contributed by atoms with Crippen LogP contribution in [-0.2, 0) is 14.8 Å². The van der Waals surface area contributed by atoms with E-state index in [-0.39, 0.29) is 34.4 Å². The molecule has 1 atom stereocenters. The fourth-order valence-electron chi connectivity index (χ4n) is 3.58. The highest BCUT2D eigenvalue weighted by Gasteiger charge is 2.27. The molecule has 0 aliphatic heterocycles. The lowest BCUT2D eigenvalue weighted by Crippen LogP contribution is -2.38. The van der Waals surface area contributed by atoms with Crippen LogP contribution in [0.25, 0.3) is 0 Å². The number of methoxy groups -OCH3 is 1. The third-order valence-corrected chi connectivity index (χ3v) is 6.55. The van der Waals surface area contributed by atoms with Crippen LogP contribution >= 0.6 is 0 Å². The molecule has 0 aliphatic rings. The van der Waals surface area contributed by atoms with Crippen LogP contribution in [0.2, 0.25) is 0 Å². The molecular weight excluding hydrogens is 500 g/mol. The molecule has 3 rings (SSSR count). The molecule has 0 aromatic heterocycles. The summed E-state index contributed by atoms with van der Waals surface area (Å²) in [5.74, 6) is -1.18. The van der Waals surface area contributed by atoms with Gasteiger partial charge in [0, 0.05) is 12.1 Å². The second kappa shape index (κ2) is 11.5. The topological polar surface area (TPSA) is 148 Å². The van der Waals surface area contributed by atoms with Crippen molar-refractivity contribution in [3.8, 4) is 5.75 Å². The van der Waals surface area contributed by atoms with E-state index < -0.39 is 33.3 Å². The average Bonchev–Trinajstić information content (AvgIpc) is 2.87. The Hall–Kier alpha value is -4.45. The van der Waals surface area contributed by atoms with Gasteiger partial charge in [-0.2, -0.15) is 0 Å². The molecule has 0 bridgehead atoms. The molecule has 0 saturated carbocycles. The van der Waals surface area contributed by atoms with Crippen molar-refractivity contribution >= 4 is 38.9 Å². The molecule has 12 heteroatoms. The third-order valence-electron chi connectivity index (χ3n) is 5.42. The van der Waals surface area contributed by atoms with Crippen molar-refractivity contribution in [1.29, 1.82) is 0 Å². The summed E-state index contributed by atoms with van der Waals surface area (Å²) in [5.41, 5.74) is 0.700. The molecular formula is C25H26N4O7S. The van der Waals surface area contributed by atoms with Crippen molar-refractivity contribution in [1.82, 2.24) is 5.32 Å². The number of anilines is 2. The van der Waals surface area contributed by atoms with Crippen LogP contribution in [-0.4, -0.2) is 45.1 Å². The van der Waals surface area contributed by atoms with E-state index in [1.54, 1.807) is 12.1 Å². The first-order valence-corrected chi connectivity index (χ1v) is 12.9. The monoisotopic (exact) mass is 526 g/mol. The van der Waals surface area contributed by atoms with E-state index in [2.05, 4.69) is 10.6 Å². The van der Waals surface area contributed by atoms with E-state index >= 15 is 0 Å². The molecule has 0 aliphatic carbocycles. The SMILES string of the molecule is COc1ccc([N+](=O)[O-])cc1N(CC(=O)Nc1ccccc1C(=O)N[C@@H](C)c1ccccc1)S(C)(=O)=O. The van der Waals surface area contributed by atoms with Crippen molar-refractivity contribution < 1.29 is 27.7 Å². The molecule has 0 heterocycles. The van der Waals surface area contributed by atoms with E-state index in [0.717, 1.165) is 24.0 Å². The van der Waals surface area contributed by atoms with E-state index in [9.17, 15) is 28.1 Å². The second-order valence-corrected chi connectivity index (χ2v) is 9.99. The maximum atomic E-state index is 13.0. The molecule has 2 N–H and O–H groups in total. The Labute approximate surface area is 214 Å². The fourth-order valence-corrected chi connectivity index (χ4v) is 4.43. The van der Waals surface area contributed by atoms with E-state index in [0.29, 0.717) is 4.31 Å². The zero-order valence-corrected chi connectivity index (χ0v) is 21.2. The smallest absolute Gasteiger partial charge is 0.271 e. The number of sulfonamides is 1. The number of hydrogen-bond acceptors (Lipinski definition) is 7. The molecule has 37 heavy (non-hydrogen) atoms. The van der Waals surface area contributed by atoms with Crippen LogP contribution in [0.4, 0.5) is 17.1 Å². The van der Waals surface area contributed by atoms with Gasteiger partial charge in [0.1, 0.15) is 18.0 Å². The summed E-state index contributed by atoms with van der Waals surface area (Å²) in [5, 5.41) is 16.7. The Kier molecular flexibility index (Phi) is 8.45. The lowest BCUT2D eigenvalue weighted by atomic mass is 10.1. The number of nitrogens with zero attached hydrogens (tertiary/aromatic N) is 2. The summed E-state index contributed by atoms with van der Waals surface area (Å²) < 4.78 is 31.0. The normalized spacial score (nSPS) is 11.8. The third kappa shape index (κ3) is 6.82. The average molecular weight is 527 g/mol. The number of para-hydroxylation sites is 1. The van der Waals surface area contributed by atoms with Gasteiger partial charge >= 0.3 is 0 Å². The number of carbonyl (C=O) groups is 2. The van der Waals surface area contributed by atoms with Gasteiger partial charge in [0.15, 0.2) is 0 Å². The number of non-ortho nitro benzene ring substituents is 1. The highest BCUT2D eigenvalue weighted by molar-refractivity contribution is 7.92. The minimum atomic E-state index is -4.06. The van der Waals surface area contributed by atoms with Crippen molar-refractivity contribution in [2.45, 2.75) is 13.0 Å². The molecule has 0 radical (unpaired) electrons. The van der Waals surface area contributed by atoms with E-state index in [1.807, 2.05) is 37.3 Å². The molecule has 0 spiro atoms. The van der Waals surface area contributed by atoms with Crippen molar-refractivity contribution in [3.05, 3.63) is 94.0 Å². The quantitative estimate of drug-likeness (QED) is 0.303. The zero-order valence-electron chi connectivity index (χ0n) is 20.4. The summed E-state index contributed by atoms with van der Waals surface area (Å²) >= 11 is 0.